The molecule has 0 radical (unpaired) electrons. The van der Waals surface area contributed by atoms with Crippen LogP contribution >= 0.6 is 15.9 Å². The molecule has 1 unspecified atom stereocenters. The minimum absolute atomic E-state index is 0.0909. The van der Waals surface area contributed by atoms with Crippen LogP contribution in [0.4, 0.5) is 5.69 Å². The first-order chi connectivity index (χ1) is 9.91. The molecule has 0 aliphatic heterocycles. The fourth-order valence-electron chi connectivity index (χ4n) is 3.04. The molecule has 0 bridgehead atoms. The Morgan fingerprint density at radius 1 is 1.29 bits per heavy atom. The summed E-state index contributed by atoms with van der Waals surface area (Å²) < 4.78 is 0. The van der Waals surface area contributed by atoms with E-state index in [9.17, 15) is 9.90 Å². The van der Waals surface area contributed by atoms with E-state index in [-0.39, 0.29) is 22.3 Å². The first-order valence-electron chi connectivity index (χ1n) is 7.72. The Morgan fingerprint density at radius 2 is 1.90 bits per heavy atom. The lowest BCUT2D eigenvalue weighted by atomic mass is 9.82. The van der Waals surface area contributed by atoms with Crippen molar-refractivity contribution in [1.29, 1.82) is 0 Å². The number of nitrogens with two attached hydrogens (primary N) is 1. The van der Waals surface area contributed by atoms with E-state index in [1.54, 1.807) is 6.07 Å². The highest BCUT2D eigenvalue weighted by Gasteiger charge is 2.27. The molecule has 21 heavy (non-hydrogen) atoms. The van der Waals surface area contributed by atoms with Crippen LogP contribution in [0.1, 0.15) is 67.8 Å². The fraction of sp³-hybridized carbons (Fsp3) is 0.588. The number of carbonyl (C=O) groups excluding carboxylic acids is 1. The van der Waals surface area contributed by atoms with E-state index in [0.717, 1.165) is 18.4 Å². The van der Waals surface area contributed by atoms with Crippen LogP contribution in [0, 0.1) is 5.92 Å². The highest BCUT2D eigenvalue weighted by molar-refractivity contribution is 9.10. The molecule has 1 fully saturated rings. The molecular formula is C17H24BrNO2. The van der Waals surface area contributed by atoms with Crippen LogP contribution in [0.2, 0.25) is 0 Å². The summed E-state index contributed by atoms with van der Waals surface area (Å²) in [7, 11) is 0. The Hall–Kier alpha value is -1.03. The molecule has 0 amide bonds. The van der Waals surface area contributed by atoms with E-state index >= 15 is 0 Å². The van der Waals surface area contributed by atoms with E-state index in [1.165, 1.54) is 19.3 Å². The summed E-state index contributed by atoms with van der Waals surface area (Å²) in [5, 5.41) is 10.6. The third-order valence-corrected chi connectivity index (χ3v) is 5.78. The Kier molecular flexibility index (Phi) is 5.31. The van der Waals surface area contributed by atoms with Crippen molar-refractivity contribution in [3.8, 4) is 5.75 Å². The molecule has 1 aliphatic rings. The van der Waals surface area contributed by atoms with E-state index in [1.807, 2.05) is 19.9 Å². The number of halogens is 1. The van der Waals surface area contributed by atoms with Crippen molar-refractivity contribution in [2.75, 3.05) is 5.73 Å². The van der Waals surface area contributed by atoms with Crippen molar-refractivity contribution in [2.45, 2.75) is 56.7 Å². The zero-order chi connectivity index (χ0) is 15.6. The number of alkyl halides is 1. The number of phenols is 1. The molecule has 1 saturated carbocycles. The molecule has 1 aliphatic carbocycles. The smallest absolute Gasteiger partial charge is 0.180 e. The summed E-state index contributed by atoms with van der Waals surface area (Å²) >= 11 is 3.42. The number of hydrogen-bond donors (Lipinski definition) is 2. The van der Waals surface area contributed by atoms with Crippen molar-refractivity contribution in [1.82, 2.24) is 0 Å². The van der Waals surface area contributed by atoms with Crippen molar-refractivity contribution < 1.29 is 9.90 Å². The third kappa shape index (κ3) is 3.60. The van der Waals surface area contributed by atoms with Crippen molar-refractivity contribution in [3.05, 3.63) is 23.3 Å². The van der Waals surface area contributed by atoms with Gasteiger partial charge in [0.05, 0.1) is 10.4 Å². The zero-order valence-electron chi connectivity index (χ0n) is 12.7. The van der Waals surface area contributed by atoms with Gasteiger partial charge in [-0.3, -0.25) is 4.79 Å². The molecule has 2 rings (SSSR count). The van der Waals surface area contributed by atoms with Crippen molar-refractivity contribution in [3.63, 3.8) is 0 Å². The molecule has 1 aromatic carbocycles. The Morgan fingerprint density at radius 3 is 2.48 bits per heavy atom. The second-order valence-electron chi connectivity index (χ2n) is 6.35. The quantitative estimate of drug-likeness (QED) is 0.359. The van der Waals surface area contributed by atoms with Gasteiger partial charge < -0.3 is 10.8 Å². The molecule has 1 aromatic rings. The molecular weight excluding hydrogens is 330 g/mol. The Balaban J connectivity index is 2.38. The lowest BCUT2D eigenvalue weighted by Crippen LogP contribution is -2.21. The van der Waals surface area contributed by atoms with Gasteiger partial charge in [0.2, 0.25) is 0 Å². The van der Waals surface area contributed by atoms with Gasteiger partial charge in [-0.2, -0.15) is 0 Å². The van der Waals surface area contributed by atoms with Gasteiger partial charge in [-0.15, -0.1) is 0 Å². The summed E-state index contributed by atoms with van der Waals surface area (Å²) in [4.78, 5) is 12.2. The Bertz CT molecular complexity index is 522. The molecule has 0 heterocycles. The minimum Gasteiger partial charge on any atom is -0.507 e. The lowest BCUT2D eigenvalue weighted by molar-refractivity contribution is 0.0975. The highest BCUT2D eigenvalue weighted by atomic mass is 79.9. The van der Waals surface area contributed by atoms with Crippen LogP contribution in [-0.4, -0.2) is 15.7 Å². The molecule has 116 valence electrons. The summed E-state index contributed by atoms with van der Waals surface area (Å²) in [6, 6.07) is 3.43. The minimum atomic E-state index is -0.301. The summed E-state index contributed by atoms with van der Waals surface area (Å²) in [5.74, 6) is 0.524. The third-order valence-electron chi connectivity index (χ3n) is 4.31. The van der Waals surface area contributed by atoms with Crippen LogP contribution < -0.4 is 5.73 Å². The van der Waals surface area contributed by atoms with Gasteiger partial charge in [0.25, 0.3) is 0 Å². The van der Waals surface area contributed by atoms with E-state index in [0.29, 0.717) is 17.2 Å². The predicted octanol–water partition coefficient (Wildman–Crippen LogP) is 4.62. The number of benzene rings is 1. The summed E-state index contributed by atoms with van der Waals surface area (Å²) in [5.41, 5.74) is 7.73. The van der Waals surface area contributed by atoms with E-state index in [2.05, 4.69) is 15.9 Å². The van der Waals surface area contributed by atoms with Crippen LogP contribution in [-0.2, 0) is 0 Å². The largest absolute Gasteiger partial charge is 0.507 e. The number of nitrogen functional groups attached to an aromatic ring is 1. The van der Waals surface area contributed by atoms with Gasteiger partial charge in [-0.1, -0.05) is 49.0 Å². The molecule has 1 atom stereocenters. The maximum atomic E-state index is 12.5. The Labute approximate surface area is 135 Å². The lowest BCUT2D eigenvalue weighted by Gasteiger charge is -2.24. The average molecular weight is 354 g/mol. The molecule has 0 aromatic heterocycles. The van der Waals surface area contributed by atoms with Gasteiger partial charge in [0.15, 0.2) is 5.78 Å². The van der Waals surface area contributed by atoms with Gasteiger partial charge >= 0.3 is 0 Å². The number of Topliss-reactive ketones (excluding diaryl/α,β-unsaturated/α-hetero) is 1. The topological polar surface area (TPSA) is 63.3 Å². The number of rotatable bonds is 4. The predicted molar refractivity (Wildman–Crippen MR) is 90.2 cm³/mol. The number of hydrogen-bond acceptors (Lipinski definition) is 3. The van der Waals surface area contributed by atoms with Crippen molar-refractivity contribution in [2.24, 2.45) is 5.92 Å². The van der Waals surface area contributed by atoms with Crippen LogP contribution in [0.15, 0.2) is 12.1 Å². The van der Waals surface area contributed by atoms with Crippen LogP contribution in [0.25, 0.3) is 0 Å². The summed E-state index contributed by atoms with van der Waals surface area (Å²) in [6.45, 7) is 3.95. The average Bonchev–Trinajstić information content (AvgIpc) is 2.48. The second kappa shape index (κ2) is 6.82. The summed E-state index contributed by atoms with van der Waals surface area (Å²) in [6.07, 6.45) is 5.73. The number of anilines is 1. The molecule has 3 nitrogen and oxygen atoms in total. The van der Waals surface area contributed by atoms with Crippen LogP contribution in [0.5, 0.6) is 5.75 Å². The van der Waals surface area contributed by atoms with E-state index in [4.69, 9.17) is 5.73 Å². The zero-order valence-corrected chi connectivity index (χ0v) is 14.3. The maximum absolute atomic E-state index is 12.5. The van der Waals surface area contributed by atoms with Gasteiger partial charge in [-0.05, 0) is 42.4 Å². The maximum Gasteiger partial charge on any atom is 0.180 e. The first-order valence-corrected chi connectivity index (χ1v) is 8.64. The number of ketones is 1. The molecule has 0 saturated heterocycles. The molecule has 3 N–H and O–H groups in total. The number of carbonyl (C=O) groups is 1. The van der Waals surface area contributed by atoms with Crippen LogP contribution in [0.3, 0.4) is 0 Å². The SMILES string of the molecule is CC(C)C(Br)C(=O)c1cc(N)cc(C2CCCCC2)c1O. The highest BCUT2D eigenvalue weighted by Crippen LogP contribution is 2.40. The van der Waals surface area contributed by atoms with Gasteiger partial charge in [-0.25, -0.2) is 0 Å². The van der Waals surface area contributed by atoms with Gasteiger partial charge in [0.1, 0.15) is 5.75 Å². The normalized spacial score (nSPS) is 17.9. The monoisotopic (exact) mass is 353 g/mol. The molecule has 0 spiro atoms. The van der Waals surface area contributed by atoms with Gasteiger partial charge in [0, 0.05) is 5.69 Å². The second-order valence-corrected chi connectivity index (χ2v) is 7.34. The fourth-order valence-corrected chi connectivity index (χ4v) is 3.29. The van der Waals surface area contributed by atoms with Crippen molar-refractivity contribution >= 4 is 27.4 Å². The molecule has 4 heteroatoms. The first kappa shape index (κ1) is 16.3. The van der Waals surface area contributed by atoms with E-state index < -0.39 is 0 Å². The number of phenolic OH excluding ortho intramolecular Hbond substituents is 1. The standard InChI is InChI=1S/C17H24BrNO2/c1-10(2)15(18)17(21)14-9-12(19)8-13(16(14)20)11-6-4-3-5-7-11/h8-11,15,20H,3-7,19H2,1-2H3. The number of aromatic hydroxyl groups is 1.